The van der Waals surface area contributed by atoms with Gasteiger partial charge in [0, 0.05) is 6.42 Å². The molecule has 0 aliphatic heterocycles. The van der Waals surface area contributed by atoms with E-state index in [9.17, 15) is 4.79 Å². The second kappa shape index (κ2) is 4.13. The average Bonchev–Trinajstić information content (AvgIpc) is 2.61. The number of hydrogen-bond donors (Lipinski definition) is 0. The molecular formula is C13H12O2. The number of hydrogen-bond acceptors (Lipinski definition) is 2. The van der Waals surface area contributed by atoms with Crippen LogP contribution >= 0.6 is 0 Å². The van der Waals surface area contributed by atoms with Gasteiger partial charge in [0.2, 0.25) is 0 Å². The Hall–Kier alpha value is -1.83. The highest BCUT2D eigenvalue weighted by atomic mass is 16.3. The smallest absolute Gasteiger partial charge is 0.185 e. The van der Waals surface area contributed by atoms with E-state index in [0.717, 1.165) is 24.0 Å². The summed E-state index contributed by atoms with van der Waals surface area (Å²) in [6.45, 7) is 1.95. The van der Waals surface area contributed by atoms with Gasteiger partial charge in [0.15, 0.2) is 12.0 Å². The summed E-state index contributed by atoms with van der Waals surface area (Å²) < 4.78 is 5.40. The first-order chi connectivity index (χ1) is 7.29. The van der Waals surface area contributed by atoms with Crippen LogP contribution in [-0.2, 0) is 6.42 Å². The van der Waals surface area contributed by atoms with Crippen LogP contribution in [0.4, 0.5) is 0 Å². The third kappa shape index (κ3) is 2.15. The fraction of sp³-hybridized carbons (Fsp3) is 0.154. The molecule has 0 spiro atoms. The number of carbonyl (C=O) groups is 1. The van der Waals surface area contributed by atoms with Gasteiger partial charge >= 0.3 is 0 Å². The van der Waals surface area contributed by atoms with E-state index in [4.69, 9.17) is 4.42 Å². The molecule has 2 aromatic rings. The first-order valence-electron chi connectivity index (χ1n) is 4.88. The van der Waals surface area contributed by atoms with Crippen LogP contribution in [0.25, 0.3) is 0 Å². The Labute approximate surface area is 88.5 Å². The van der Waals surface area contributed by atoms with Gasteiger partial charge in [0.25, 0.3) is 0 Å². The van der Waals surface area contributed by atoms with Gasteiger partial charge in [0.1, 0.15) is 5.76 Å². The number of aryl methyl sites for hydroxylation is 1. The maximum atomic E-state index is 10.5. The molecule has 0 aliphatic carbocycles. The van der Waals surface area contributed by atoms with Crippen molar-refractivity contribution < 1.29 is 9.21 Å². The van der Waals surface area contributed by atoms with Gasteiger partial charge in [-0.1, -0.05) is 30.3 Å². The molecule has 0 fully saturated rings. The van der Waals surface area contributed by atoms with Crippen molar-refractivity contribution in [3.63, 3.8) is 0 Å². The summed E-state index contributed by atoms with van der Waals surface area (Å²) in [5.74, 6) is 1.27. The lowest BCUT2D eigenvalue weighted by molar-refractivity contribution is 0.109. The number of aldehydes is 1. The Morgan fingerprint density at radius 3 is 2.60 bits per heavy atom. The summed E-state index contributed by atoms with van der Waals surface area (Å²) >= 11 is 0. The zero-order valence-corrected chi connectivity index (χ0v) is 8.57. The number of furan rings is 1. The third-order valence-electron chi connectivity index (χ3n) is 2.36. The summed E-state index contributed by atoms with van der Waals surface area (Å²) in [5.41, 5.74) is 2.22. The standard InChI is InChI=1S/C13H12O2/c1-10-7-12(9-14)15-13(10)8-11-5-3-2-4-6-11/h2-7,9H,8H2,1H3. The summed E-state index contributed by atoms with van der Waals surface area (Å²) in [5, 5.41) is 0. The van der Waals surface area contributed by atoms with Crippen molar-refractivity contribution in [3.8, 4) is 0 Å². The van der Waals surface area contributed by atoms with E-state index < -0.39 is 0 Å². The maximum absolute atomic E-state index is 10.5. The molecule has 0 saturated carbocycles. The van der Waals surface area contributed by atoms with Crippen LogP contribution in [0.3, 0.4) is 0 Å². The van der Waals surface area contributed by atoms with Crippen molar-refractivity contribution in [2.24, 2.45) is 0 Å². The minimum atomic E-state index is 0.401. The van der Waals surface area contributed by atoms with Gasteiger partial charge in [-0.25, -0.2) is 0 Å². The lowest BCUT2D eigenvalue weighted by atomic mass is 10.1. The second-order valence-electron chi connectivity index (χ2n) is 3.54. The van der Waals surface area contributed by atoms with Crippen LogP contribution in [0, 0.1) is 6.92 Å². The Morgan fingerprint density at radius 1 is 1.27 bits per heavy atom. The van der Waals surface area contributed by atoms with Crippen molar-refractivity contribution in [1.82, 2.24) is 0 Å². The SMILES string of the molecule is Cc1cc(C=O)oc1Cc1ccccc1. The van der Waals surface area contributed by atoms with E-state index in [2.05, 4.69) is 0 Å². The molecule has 1 heterocycles. The van der Waals surface area contributed by atoms with Crippen molar-refractivity contribution in [3.05, 3.63) is 59.0 Å². The molecule has 2 heteroatoms. The van der Waals surface area contributed by atoms with Crippen LogP contribution in [0.5, 0.6) is 0 Å². The predicted octanol–water partition coefficient (Wildman–Crippen LogP) is 2.99. The van der Waals surface area contributed by atoms with Gasteiger partial charge < -0.3 is 4.42 Å². The molecule has 0 atom stereocenters. The molecule has 0 N–H and O–H groups in total. The lowest BCUT2D eigenvalue weighted by Crippen LogP contribution is -1.86. The number of benzene rings is 1. The largest absolute Gasteiger partial charge is 0.458 e. The zero-order chi connectivity index (χ0) is 10.7. The Bertz CT molecular complexity index is 455. The minimum absolute atomic E-state index is 0.401. The van der Waals surface area contributed by atoms with E-state index in [1.807, 2.05) is 37.3 Å². The molecule has 0 bridgehead atoms. The molecular weight excluding hydrogens is 188 g/mol. The normalized spacial score (nSPS) is 10.2. The van der Waals surface area contributed by atoms with Gasteiger partial charge in [0.05, 0.1) is 0 Å². The monoisotopic (exact) mass is 200 g/mol. The van der Waals surface area contributed by atoms with Crippen molar-refractivity contribution >= 4 is 6.29 Å². The molecule has 1 aromatic carbocycles. The quantitative estimate of drug-likeness (QED) is 0.713. The van der Waals surface area contributed by atoms with Crippen LogP contribution in [0.2, 0.25) is 0 Å². The molecule has 1 aromatic heterocycles. The first-order valence-corrected chi connectivity index (χ1v) is 4.88. The fourth-order valence-electron chi connectivity index (χ4n) is 1.56. The highest BCUT2D eigenvalue weighted by molar-refractivity contribution is 5.71. The number of carbonyl (C=O) groups excluding carboxylic acids is 1. The zero-order valence-electron chi connectivity index (χ0n) is 8.57. The lowest BCUT2D eigenvalue weighted by Gasteiger charge is -1.98. The van der Waals surface area contributed by atoms with Crippen LogP contribution in [0.1, 0.15) is 27.4 Å². The van der Waals surface area contributed by atoms with Crippen molar-refractivity contribution in [2.45, 2.75) is 13.3 Å². The van der Waals surface area contributed by atoms with Gasteiger partial charge in [-0.2, -0.15) is 0 Å². The first kappa shape index (κ1) is 9.71. The molecule has 0 amide bonds. The topological polar surface area (TPSA) is 30.2 Å². The van der Waals surface area contributed by atoms with E-state index in [1.165, 1.54) is 5.56 Å². The van der Waals surface area contributed by atoms with E-state index in [1.54, 1.807) is 6.07 Å². The summed E-state index contributed by atoms with van der Waals surface area (Å²) in [7, 11) is 0. The van der Waals surface area contributed by atoms with Crippen LogP contribution < -0.4 is 0 Å². The van der Waals surface area contributed by atoms with Crippen LogP contribution in [0.15, 0.2) is 40.8 Å². The molecule has 2 nitrogen and oxygen atoms in total. The second-order valence-corrected chi connectivity index (χ2v) is 3.54. The Morgan fingerprint density at radius 2 is 2.00 bits per heavy atom. The molecule has 0 saturated heterocycles. The predicted molar refractivity (Wildman–Crippen MR) is 58.1 cm³/mol. The molecule has 76 valence electrons. The van der Waals surface area contributed by atoms with E-state index in [0.29, 0.717) is 5.76 Å². The van der Waals surface area contributed by atoms with Crippen molar-refractivity contribution in [1.29, 1.82) is 0 Å². The Balaban J connectivity index is 2.24. The molecule has 0 aliphatic rings. The highest BCUT2D eigenvalue weighted by Crippen LogP contribution is 2.17. The molecule has 0 radical (unpaired) electrons. The summed E-state index contributed by atoms with van der Waals surface area (Å²) in [6, 6.07) is 11.8. The van der Waals surface area contributed by atoms with Gasteiger partial charge in [-0.3, -0.25) is 4.79 Å². The Kier molecular flexibility index (Phi) is 2.68. The fourth-order valence-corrected chi connectivity index (χ4v) is 1.56. The highest BCUT2D eigenvalue weighted by Gasteiger charge is 2.07. The third-order valence-corrected chi connectivity index (χ3v) is 2.36. The van der Waals surface area contributed by atoms with Crippen molar-refractivity contribution in [2.75, 3.05) is 0 Å². The maximum Gasteiger partial charge on any atom is 0.185 e. The summed E-state index contributed by atoms with van der Waals surface area (Å²) in [6.07, 6.45) is 1.47. The van der Waals surface area contributed by atoms with Crippen LogP contribution in [-0.4, -0.2) is 6.29 Å². The molecule has 2 rings (SSSR count). The van der Waals surface area contributed by atoms with Gasteiger partial charge in [-0.05, 0) is 24.1 Å². The minimum Gasteiger partial charge on any atom is -0.458 e. The average molecular weight is 200 g/mol. The van der Waals surface area contributed by atoms with E-state index in [-0.39, 0.29) is 0 Å². The molecule has 0 unspecified atom stereocenters. The summed E-state index contributed by atoms with van der Waals surface area (Å²) in [4.78, 5) is 10.5. The van der Waals surface area contributed by atoms with Gasteiger partial charge in [-0.15, -0.1) is 0 Å². The van der Waals surface area contributed by atoms with E-state index >= 15 is 0 Å². The molecule has 15 heavy (non-hydrogen) atoms. The number of rotatable bonds is 3.